The number of rotatable bonds is 10. The fourth-order valence-electron chi connectivity index (χ4n) is 3.12. The van der Waals surface area contributed by atoms with Gasteiger partial charge in [-0.3, -0.25) is 9.67 Å². The van der Waals surface area contributed by atoms with E-state index in [9.17, 15) is 0 Å². The van der Waals surface area contributed by atoms with Crippen molar-refractivity contribution in [3.8, 4) is 11.5 Å². The molecule has 0 aliphatic carbocycles. The second-order valence-electron chi connectivity index (χ2n) is 8.09. The number of benzene rings is 1. The van der Waals surface area contributed by atoms with E-state index in [1.807, 2.05) is 42.3 Å². The van der Waals surface area contributed by atoms with Gasteiger partial charge in [0.2, 0.25) is 0 Å². The monoisotopic (exact) mass is 557 g/mol. The molecule has 1 aliphatic rings. The fraction of sp³-hybridized carbons (Fsp3) is 0.565. The van der Waals surface area contributed by atoms with Crippen molar-refractivity contribution in [2.24, 2.45) is 18.0 Å². The van der Waals surface area contributed by atoms with Gasteiger partial charge in [0.15, 0.2) is 17.5 Å². The smallest absolute Gasteiger partial charge is 0.195 e. The molecule has 8 nitrogen and oxygen atoms in total. The number of hydrogen-bond acceptors (Lipinski definition) is 5. The Kier molecular flexibility index (Phi) is 11.6. The average molecular weight is 557 g/mol. The number of aromatic nitrogens is 2. The molecule has 9 heteroatoms. The van der Waals surface area contributed by atoms with Gasteiger partial charge in [-0.05, 0) is 36.5 Å². The SMILES string of the molecule is CC(C)COCCCN=C(NCCc1cnn(C)c1)Nc1ccc2c(c1)OCCCO2.I. The molecule has 0 atom stereocenters. The Morgan fingerprint density at radius 3 is 2.81 bits per heavy atom. The quantitative estimate of drug-likeness (QED) is 0.200. The molecule has 1 aromatic heterocycles. The molecule has 0 saturated heterocycles. The summed E-state index contributed by atoms with van der Waals surface area (Å²) < 4.78 is 19.0. The Bertz CT molecular complexity index is 841. The van der Waals surface area contributed by atoms with Crippen LogP contribution in [-0.2, 0) is 18.2 Å². The van der Waals surface area contributed by atoms with Crippen LogP contribution in [0.4, 0.5) is 5.69 Å². The van der Waals surface area contributed by atoms with Gasteiger partial charge >= 0.3 is 0 Å². The molecule has 0 fully saturated rings. The van der Waals surface area contributed by atoms with Gasteiger partial charge in [-0.25, -0.2) is 0 Å². The number of nitrogens with zero attached hydrogens (tertiary/aromatic N) is 3. The highest BCUT2D eigenvalue weighted by Gasteiger charge is 2.11. The molecule has 178 valence electrons. The Morgan fingerprint density at radius 2 is 2.06 bits per heavy atom. The van der Waals surface area contributed by atoms with E-state index in [1.165, 1.54) is 5.56 Å². The largest absolute Gasteiger partial charge is 0.490 e. The molecule has 2 aromatic rings. The Balaban J connectivity index is 0.00000363. The minimum Gasteiger partial charge on any atom is -0.490 e. The van der Waals surface area contributed by atoms with Crippen LogP contribution >= 0.6 is 24.0 Å². The molecule has 1 aromatic carbocycles. The lowest BCUT2D eigenvalue weighted by Crippen LogP contribution is -2.32. The maximum absolute atomic E-state index is 5.81. The Labute approximate surface area is 208 Å². The van der Waals surface area contributed by atoms with Crippen LogP contribution in [0.1, 0.15) is 32.3 Å². The summed E-state index contributed by atoms with van der Waals surface area (Å²) in [5.41, 5.74) is 2.10. The maximum Gasteiger partial charge on any atom is 0.195 e. The minimum absolute atomic E-state index is 0. The van der Waals surface area contributed by atoms with Crippen LogP contribution < -0.4 is 20.1 Å². The van der Waals surface area contributed by atoms with E-state index in [1.54, 1.807) is 0 Å². The molecule has 0 radical (unpaired) electrons. The molecule has 32 heavy (non-hydrogen) atoms. The molecule has 0 bridgehead atoms. The number of aryl methyl sites for hydroxylation is 1. The Morgan fingerprint density at radius 1 is 1.25 bits per heavy atom. The third-order valence-electron chi connectivity index (χ3n) is 4.64. The molecule has 3 rings (SSSR count). The number of halogens is 1. The summed E-state index contributed by atoms with van der Waals surface area (Å²) in [7, 11) is 1.93. The summed E-state index contributed by atoms with van der Waals surface area (Å²) in [6, 6.07) is 5.89. The van der Waals surface area contributed by atoms with Crippen molar-refractivity contribution in [1.82, 2.24) is 15.1 Å². The van der Waals surface area contributed by atoms with Crippen molar-refractivity contribution in [1.29, 1.82) is 0 Å². The van der Waals surface area contributed by atoms with Crippen LogP contribution in [0.5, 0.6) is 11.5 Å². The second kappa shape index (κ2) is 14.2. The predicted molar refractivity (Wildman–Crippen MR) is 139 cm³/mol. The van der Waals surface area contributed by atoms with E-state index in [-0.39, 0.29) is 24.0 Å². The van der Waals surface area contributed by atoms with E-state index in [2.05, 4.69) is 29.6 Å². The van der Waals surface area contributed by atoms with Crippen LogP contribution in [0, 0.1) is 5.92 Å². The molecule has 0 amide bonds. The fourth-order valence-corrected chi connectivity index (χ4v) is 3.12. The second-order valence-corrected chi connectivity index (χ2v) is 8.09. The zero-order valence-corrected chi connectivity index (χ0v) is 21.6. The summed E-state index contributed by atoms with van der Waals surface area (Å²) in [5.74, 6) is 2.84. The maximum atomic E-state index is 5.81. The van der Waals surface area contributed by atoms with Crippen molar-refractivity contribution in [3.63, 3.8) is 0 Å². The summed E-state index contributed by atoms with van der Waals surface area (Å²) in [4.78, 5) is 4.72. The molecule has 0 unspecified atom stereocenters. The van der Waals surface area contributed by atoms with E-state index < -0.39 is 0 Å². The topological polar surface area (TPSA) is 81.9 Å². The number of nitrogens with one attached hydrogen (secondary N) is 2. The summed E-state index contributed by atoms with van der Waals surface area (Å²) in [5, 5.41) is 11.0. The highest BCUT2D eigenvalue weighted by Crippen LogP contribution is 2.32. The van der Waals surface area contributed by atoms with Crippen molar-refractivity contribution < 1.29 is 14.2 Å². The first kappa shape index (κ1) is 26.2. The number of anilines is 1. The average Bonchev–Trinajstić information content (AvgIpc) is 3.01. The van der Waals surface area contributed by atoms with Crippen molar-refractivity contribution in [2.75, 3.05) is 44.8 Å². The first-order chi connectivity index (χ1) is 15.1. The predicted octanol–water partition coefficient (Wildman–Crippen LogP) is 3.86. The van der Waals surface area contributed by atoms with Gasteiger partial charge < -0.3 is 24.8 Å². The lowest BCUT2D eigenvalue weighted by molar-refractivity contribution is 0.109. The lowest BCUT2D eigenvalue weighted by atomic mass is 10.2. The van der Waals surface area contributed by atoms with Crippen molar-refractivity contribution in [3.05, 3.63) is 36.2 Å². The van der Waals surface area contributed by atoms with Gasteiger partial charge in [-0.15, -0.1) is 24.0 Å². The first-order valence-electron chi connectivity index (χ1n) is 11.1. The number of hydrogen-bond donors (Lipinski definition) is 2. The number of aliphatic imine (C=N–C) groups is 1. The summed E-state index contributed by atoms with van der Waals surface area (Å²) >= 11 is 0. The summed E-state index contributed by atoms with van der Waals surface area (Å²) in [6.45, 7) is 8.60. The Hall–Kier alpha value is -2.01. The highest BCUT2D eigenvalue weighted by molar-refractivity contribution is 14.0. The van der Waals surface area contributed by atoms with Gasteiger partial charge in [0.05, 0.1) is 19.4 Å². The van der Waals surface area contributed by atoms with Crippen molar-refractivity contribution in [2.45, 2.75) is 33.1 Å². The lowest BCUT2D eigenvalue weighted by Gasteiger charge is -2.14. The third kappa shape index (κ3) is 9.23. The third-order valence-corrected chi connectivity index (χ3v) is 4.64. The molecule has 2 heterocycles. The van der Waals surface area contributed by atoms with Crippen LogP contribution in [-0.4, -0.2) is 55.3 Å². The minimum atomic E-state index is 0. The van der Waals surface area contributed by atoms with E-state index in [4.69, 9.17) is 19.2 Å². The van der Waals surface area contributed by atoms with Gasteiger partial charge in [0, 0.05) is 57.7 Å². The van der Waals surface area contributed by atoms with E-state index >= 15 is 0 Å². The van der Waals surface area contributed by atoms with Crippen LogP contribution in [0.25, 0.3) is 0 Å². The van der Waals surface area contributed by atoms with E-state index in [0.717, 1.165) is 55.6 Å². The normalized spacial score (nSPS) is 13.4. The van der Waals surface area contributed by atoms with Crippen LogP contribution in [0.15, 0.2) is 35.6 Å². The number of guanidine groups is 1. The molecular weight excluding hydrogens is 521 g/mol. The van der Waals surface area contributed by atoms with Crippen LogP contribution in [0.3, 0.4) is 0 Å². The molecule has 0 spiro atoms. The molecular formula is C23H36IN5O3. The number of fused-ring (bicyclic) bond motifs is 1. The van der Waals surface area contributed by atoms with Gasteiger partial charge in [-0.2, -0.15) is 5.10 Å². The molecule has 1 aliphatic heterocycles. The highest BCUT2D eigenvalue weighted by atomic mass is 127. The van der Waals surface area contributed by atoms with Crippen molar-refractivity contribution >= 4 is 35.6 Å². The van der Waals surface area contributed by atoms with Gasteiger partial charge in [-0.1, -0.05) is 13.8 Å². The molecule has 2 N–H and O–H groups in total. The first-order valence-corrected chi connectivity index (χ1v) is 11.1. The van der Waals surface area contributed by atoms with E-state index in [0.29, 0.717) is 32.3 Å². The van der Waals surface area contributed by atoms with Gasteiger partial charge in [0.25, 0.3) is 0 Å². The molecule has 0 saturated carbocycles. The van der Waals surface area contributed by atoms with Gasteiger partial charge in [0.1, 0.15) is 0 Å². The van der Waals surface area contributed by atoms with Crippen LogP contribution in [0.2, 0.25) is 0 Å². The zero-order valence-electron chi connectivity index (χ0n) is 19.3. The summed E-state index contributed by atoms with van der Waals surface area (Å²) in [6.07, 6.45) is 6.55. The number of ether oxygens (including phenoxy) is 3. The standard InChI is InChI=1S/C23H35N5O3.HI/c1-18(2)17-29-11-4-9-24-23(25-10-8-19-15-26-28(3)16-19)27-20-6-7-21-22(14-20)31-13-5-12-30-21;/h6-7,14-16,18H,4-5,8-13,17H2,1-3H3,(H2,24,25,27);1H. The zero-order chi connectivity index (χ0) is 21.9.